The Balaban J connectivity index is 1.68. The molecule has 1 spiro atoms. The molecule has 21 heavy (non-hydrogen) atoms. The van der Waals surface area contributed by atoms with Gasteiger partial charge in [-0.25, -0.2) is 0 Å². The maximum Gasteiger partial charge on any atom is 0.0233 e. The third-order valence-electron chi connectivity index (χ3n) is 5.63. The summed E-state index contributed by atoms with van der Waals surface area (Å²) in [4.78, 5) is 2.72. The minimum absolute atomic E-state index is 0.592. The molecule has 2 heterocycles. The van der Waals surface area contributed by atoms with E-state index < -0.39 is 0 Å². The second-order valence-corrected chi connectivity index (χ2v) is 7.10. The first-order valence-corrected chi connectivity index (χ1v) is 8.79. The maximum atomic E-state index is 3.64. The van der Waals surface area contributed by atoms with Gasteiger partial charge in [0.25, 0.3) is 0 Å². The first-order valence-electron chi connectivity index (χ1n) is 8.79. The van der Waals surface area contributed by atoms with Crippen molar-refractivity contribution in [3.63, 3.8) is 0 Å². The highest BCUT2D eigenvalue weighted by Crippen LogP contribution is 2.44. The molecule has 2 saturated heterocycles. The van der Waals surface area contributed by atoms with Crippen LogP contribution in [0.15, 0.2) is 30.3 Å². The number of likely N-dealkylation sites (tertiary alicyclic amines) is 1. The van der Waals surface area contributed by atoms with Crippen LogP contribution in [0.2, 0.25) is 0 Å². The fourth-order valence-corrected chi connectivity index (χ4v) is 4.56. The molecule has 0 aliphatic carbocycles. The normalized spacial score (nSPS) is 30.6. The summed E-state index contributed by atoms with van der Waals surface area (Å²) < 4.78 is 0. The first-order chi connectivity index (χ1) is 10.3. The molecule has 2 aliphatic rings. The Hall–Kier alpha value is -0.860. The average molecular weight is 286 g/mol. The van der Waals surface area contributed by atoms with E-state index in [-0.39, 0.29) is 0 Å². The summed E-state index contributed by atoms with van der Waals surface area (Å²) in [5.41, 5.74) is 2.06. The molecule has 1 aromatic carbocycles. The number of nitrogens with zero attached hydrogens (tertiary/aromatic N) is 1. The van der Waals surface area contributed by atoms with Crippen molar-refractivity contribution < 1.29 is 0 Å². The van der Waals surface area contributed by atoms with Crippen LogP contribution < -0.4 is 5.32 Å². The molecule has 0 aromatic heterocycles. The summed E-state index contributed by atoms with van der Waals surface area (Å²) in [5, 5.41) is 3.64. The monoisotopic (exact) mass is 286 g/mol. The second-order valence-electron chi connectivity index (χ2n) is 7.10. The van der Waals surface area contributed by atoms with Gasteiger partial charge in [0.05, 0.1) is 0 Å². The van der Waals surface area contributed by atoms with Gasteiger partial charge < -0.3 is 5.32 Å². The van der Waals surface area contributed by atoms with E-state index in [9.17, 15) is 0 Å². The van der Waals surface area contributed by atoms with E-state index >= 15 is 0 Å². The van der Waals surface area contributed by atoms with Crippen LogP contribution in [-0.4, -0.2) is 31.1 Å². The lowest BCUT2D eigenvalue weighted by atomic mass is 9.64. The minimum atomic E-state index is 0.592. The lowest BCUT2D eigenvalue weighted by molar-refractivity contribution is 0.00308. The minimum Gasteiger partial charge on any atom is -0.316 e. The van der Waals surface area contributed by atoms with Gasteiger partial charge in [-0.15, -0.1) is 0 Å². The summed E-state index contributed by atoms with van der Waals surface area (Å²) in [6.07, 6.45) is 6.93. The van der Waals surface area contributed by atoms with Crippen molar-refractivity contribution in [2.45, 2.75) is 45.6 Å². The van der Waals surface area contributed by atoms with Gasteiger partial charge in [-0.2, -0.15) is 0 Å². The summed E-state index contributed by atoms with van der Waals surface area (Å²) >= 11 is 0. The van der Waals surface area contributed by atoms with E-state index in [1.807, 2.05) is 0 Å². The molecule has 2 unspecified atom stereocenters. The Kier molecular flexibility index (Phi) is 4.97. The van der Waals surface area contributed by atoms with Gasteiger partial charge in [0, 0.05) is 13.1 Å². The number of piperidine rings is 2. The summed E-state index contributed by atoms with van der Waals surface area (Å²) in [7, 11) is 0. The van der Waals surface area contributed by atoms with Gasteiger partial charge in [-0.05, 0) is 62.2 Å². The molecular weight excluding hydrogens is 256 g/mol. The fraction of sp³-hybridized carbons (Fsp3) is 0.684. The van der Waals surface area contributed by atoms with Crippen molar-refractivity contribution in [3.05, 3.63) is 35.9 Å². The molecule has 2 nitrogen and oxygen atoms in total. The number of hydrogen-bond acceptors (Lipinski definition) is 2. The van der Waals surface area contributed by atoms with Gasteiger partial charge in [0.1, 0.15) is 0 Å². The predicted octanol–water partition coefficient (Wildman–Crippen LogP) is 3.68. The summed E-state index contributed by atoms with van der Waals surface area (Å²) in [6.45, 7) is 8.53. The molecule has 0 radical (unpaired) electrons. The highest BCUT2D eigenvalue weighted by molar-refractivity contribution is 5.14. The zero-order valence-electron chi connectivity index (χ0n) is 13.5. The zero-order valence-corrected chi connectivity index (χ0v) is 13.5. The molecule has 1 aromatic rings. The van der Waals surface area contributed by atoms with Crippen molar-refractivity contribution in [3.8, 4) is 0 Å². The smallest absolute Gasteiger partial charge is 0.0233 e. The Morgan fingerprint density at radius 3 is 2.90 bits per heavy atom. The van der Waals surface area contributed by atoms with Gasteiger partial charge in [-0.3, -0.25) is 4.90 Å². The van der Waals surface area contributed by atoms with Crippen molar-refractivity contribution >= 4 is 0 Å². The third-order valence-corrected chi connectivity index (χ3v) is 5.63. The lowest BCUT2D eigenvalue weighted by Gasteiger charge is -2.50. The number of rotatable bonds is 4. The van der Waals surface area contributed by atoms with Crippen LogP contribution in [0, 0.1) is 11.3 Å². The standard InChI is InChI=1S/C19H30N2/c1-2-7-18-14-20-12-11-19(18)10-6-13-21(16-19)15-17-8-4-3-5-9-17/h3-5,8-9,18,20H,2,6-7,10-16H2,1H3. The second kappa shape index (κ2) is 6.93. The molecule has 2 fully saturated rings. The molecule has 0 bridgehead atoms. The van der Waals surface area contributed by atoms with E-state index in [4.69, 9.17) is 0 Å². The van der Waals surface area contributed by atoms with Crippen LogP contribution in [0.25, 0.3) is 0 Å². The first kappa shape index (κ1) is 15.1. The maximum absolute atomic E-state index is 3.64. The molecular formula is C19H30N2. The van der Waals surface area contributed by atoms with Gasteiger partial charge in [0.15, 0.2) is 0 Å². The van der Waals surface area contributed by atoms with E-state index in [1.165, 1.54) is 63.8 Å². The topological polar surface area (TPSA) is 15.3 Å². The van der Waals surface area contributed by atoms with Crippen LogP contribution in [0.3, 0.4) is 0 Å². The molecule has 2 atom stereocenters. The predicted molar refractivity (Wildman–Crippen MR) is 89.3 cm³/mol. The Morgan fingerprint density at radius 1 is 1.24 bits per heavy atom. The molecule has 0 saturated carbocycles. The van der Waals surface area contributed by atoms with Crippen LogP contribution in [0.1, 0.15) is 44.6 Å². The number of hydrogen-bond donors (Lipinski definition) is 1. The zero-order chi connectivity index (χ0) is 14.5. The van der Waals surface area contributed by atoms with Crippen molar-refractivity contribution in [1.82, 2.24) is 10.2 Å². The molecule has 0 amide bonds. The van der Waals surface area contributed by atoms with Crippen molar-refractivity contribution in [2.75, 3.05) is 26.2 Å². The Morgan fingerprint density at radius 2 is 2.10 bits per heavy atom. The average Bonchev–Trinajstić information content (AvgIpc) is 2.51. The van der Waals surface area contributed by atoms with Crippen LogP contribution in [0.4, 0.5) is 0 Å². The van der Waals surface area contributed by atoms with E-state index in [0.717, 1.165) is 12.5 Å². The summed E-state index contributed by atoms with van der Waals surface area (Å²) in [5.74, 6) is 0.884. The highest BCUT2D eigenvalue weighted by Gasteiger charge is 2.42. The van der Waals surface area contributed by atoms with Gasteiger partial charge in [0.2, 0.25) is 0 Å². The molecule has 116 valence electrons. The Bertz CT molecular complexity index is 424. The third kappa shape index (κ3) is 3.49. The quantitative estimate of drug-likeness (QED) is 0.908. The van der Waals surface area contributed by atoms with Crippen LogP contribution in [0.5, 0.6) is 0 Å². The number of nitrogens with one attached hydrogen (secondary N) is 1. The summed E-state index contributed by atoms with van der Waals surface area (Å²) in [6, 6.07) is 11.0. The fourth-order valence-electron chi connectivity index (χ4n) is 4.56. The van der Waals surface area contributed by atoms with Crippen molar-refractivity contribution in [1.29, 1.82) is 0 Å². The molecule has 2 aliphatic heterocycles. The molecule has 2 heteroatoms. The number of benzene rings is 1. The molecule has 1 N–H and O–H groups in total. The van der Waals surface area contributed by atoms with Gasteiger partial charge >= 0.3 is 0 Å². The highest BCUT2D eigenvalue weighted by atomic mass is 15.1. The van der Waals surface area contributed by atoms with Gasteiger partial charge in [-0.1, -0.05) is 43.7 Å². The van der Waals surface area contributed by atoms with Crippen LogP contribution in [-0.2, 0) is 6.54 Å². The van der Waals surface area contributed by atoms with E-state index in [2.05, 4.69) is 47.5 Å². The largest absolute Gasteiger partial charge is 0.316 e. The van der Waals surface area contributed by atoms with E-state index in [1.54, 1.807) is 0 Å². The lowest BCUT2D eigenvalue weighted by Crippen LogP contribution is -2.53. The molecule has 3 rings (SSSR count). The van der Waals surface area contributed by atoms with E-state index in [0.29, 0.717) is 5.41 Å². The van der Waals surface area contributed by atoms with Crippen molar-refractivity contribution in [2.24, 2.45) is 11.3 Å². The Labute approximate surface area is 129 Å². The van der Waals surface area contributed by atoms with Crippen LogP contribution >= 0.6 is 0 Å². The SMILES string of the molecule is CCCC1CNCCC12CCCN(Cc1ccccc1)C2.